The van der Waals surface area contributed by atoms with Crippen LogP contribution in [0, 0.1) is 5.92 Å². The third-order valence-corrected chi connectivity index (χ3v) is 5.72. The molecule has 0 heterocycles. The molecule has 0 amide bonds. The van der Waals surface area contributed by atoms with Crippen molar-refractivity contribution in [3.05, 3.63) is 0 Å². The molecule has 0 aromatic rings. The average molecular weight is 217 g/mol. The zero-order valence-corrected chi connectivity index (χ0v) is 11.1. The molecule has 11 heavy (non-hydrogen) atoms. The first-order valence-corrected chi connectivity index (χ1v) is 11.8. The van der Waals surface area contributed by atoms with Crippen LogP contribution < -0.4 is 0 Å². The summed E-state index contributed by atoms with van der Waals surface area (Å²) in [6.45, 7) is 4.65. The Morgan fingerprint density at radius 2 is 1.82 bits per heavy atom. The summed E-state index contributed by atoms with van der Waals surface area (Å²) in [5.74, 6) is 6.11. The maximum atomic E-state index is 2.52. The van der Waals surface area contributed by atoms with Crippen molar-refractivity contribution in [1.29, 1.82) is 0 Å². The van der Waals surface area contributed by atoms with E-state index in [1.54, 1.807) is 5.25 Å². The van der Waals surface area contributed by atoms with Crippen molar-refractivity contribution in [2.24, 2.45) is 5.92 Å². The molecular weight excluding hydrogens is 193 g/mol. The minimum atomic E-state index is -0.700. The van der Waals surface area contributed by atoms with Crippen LogP contribution >= 0.6 is 0 Å². The Morgan fingerprint density at radius 3 is 2.18 bits per heavy atom. The van der Waals surface area contributed by atoms with Crippen LogP contribution in [0.4, 0.5) is 0 Å². The Bertz CT molecular complexity index is 78.9. The van der Waals surface area contributed by atoms with E-state index in [1.165, 1.54) is 25.7 Å². The molecule has 0 nitrogen and oxygen atoms in total. The van der Waals surface area contributed by atoms with E-state index in [0.29, 0.717) is 0 Å². The second-order valence-electron chi connectivity index (χ2n) is 4.05. The summed E-state index contributed by atoms with van der Waals surface area (Å²) in [7, 11) is 0. The van der Waals surface area contributed by atoms with Gasteiger partial charge in [0.25, 0.3) is 0 Å². The first-order valence-electron chi connectivity index (χ1n) is 5.20. The van der Waals surface area contributed by atoms with Crippen LogP contribution in [0.5, 0.6) is 0 Å². The number of hydrogen-bond donors (Lipinski definition) is 0. The third-order valence-electron chi connectivity index (χ3n) is 2.35. The molecule has 1 heteroatoms. The predicted octanol–water partition coefficient (Wildman–Crippen LogP) is 3.69. The van der Waals surface area contributed by atoms with Gasteiger partial charge in [0.1, 0.15) is 0 Å². The molecule has 0 aromatic heterocycles. The molecule has 1 unspecified atom stereocenters. The van der Waals surface area contributed by atoms with Gasteiger partial charge in [-0.2, -0.15) is 0 Å². The number of unbranched alkanes of at least 4 members (excludes halogenated alkanes) is 1. The van der Waals surface area contributed by atoms with Gasteiger partial charge in [-0.05, 0) is 0 Å². The van der Waals surface area contributed by atoms with Crippen molar-refractivity contribution in [1.82, 2.24) is 0 Å². The standard InChI is InChI=1S/C10H24Ge/c1-5-7-8-10(6-2)9-11(3)4/h10-11H,5-9H2,1-4H3. The van der Waals surface area contributed by atoms with Crippen molar-refractivity contribution in [2.75, 3.05) is 0 Å². The second kappa shape index (κ2) is 7.21. The van der Waals surface area contributed by atoms with Crippen LogP contribution in [0.1, 0.15) is 39.5 Å². The number of hydrogen-bond acceptors (Lipinski definition) is 0. The Morgan fingerprint density at radius 1 is 1.18 bits per heavy atom. The van der Waals surface area contributed by atoms with Crippen molar-refractivity contribution < 1.29 is 0 Å². The molecule has 68 valence electrons. The Labute approximate surface area is 76.9 Å². The first kappa shape index (κ1) is 11.5. The van der Waals surface area contributed by atoms with Gasteiger partial charge in [0.15, 0.2) is 0 Å². The molecule has 0 rings (SSSR count). The van der Waals surface area contributed by atoms with E-state index in [0.717, 1.165) is 5.92 Å². The molecule has 0 radical (unpaired) electrons. The van der Waals surface area contributed by atoms with E-state index in [9.17, 15) is 0 Å². The van der Waals surface area contributed by atoms with Crippen molar-refractivity contribution in [2.45, 2.75) is 56.3 Å². The first-order chi connectivity index (χ1) is 5.20. The molecular formula is C10H24Ge. The van der Waals surface area contributed by atoms with Crippen LogP contribution in [0.2, 0.25) is 16.8 Å². The van der Waals surface area contributed by atoms with Crippen molar-refractivity contribution in [3.8, 4) is 0 Å². The Kier molecular flexibility index (Phi) is 7.56. The van der Waals surface area contributed by atoms with Gasteiger partial charge in [0.05, 0.1) is 0 Å². The van der Waals surface area contributed by atoms with Crippen molar-refractivity contribution in [3.63, 3.8) is 0 Å². The van der Waals surface area contributed by atoms with E-state index in [-0.39, 0.29) is 0 Å². The molecule has 0 aliphatic rings. The molecule has 0 aliphatic heterocycles. The van der Waals surface area contributed by atoms with Crippen LogP contribution in [0.15, 0.2) is 0 Å². The molecule has 0 N–H and O–H groups in total. The maximum absolute atomic E-state index is 2.52. The van der Waals surface area contributed by atoms with E-state index >= 15 is 0 Å². The fourth-order valence-electron chi connectivity index (χ4n) is 1.65. The quantitative estimate of drug-likeness (QED) is 0.595. The Balaban J connectivity index is 3.41. The van der Waals surface area contributed by atoms with Gasteiger partial charge in [0.2, 0.25) is 0 Å². The summed E-state index contributed by atoms with van der Waals surface area (Å²) >= 11 is -0.700. The SMILES string of the molecule is CCCCC(CC)[CH2][GeH]([CH3])[CH3]. The minimum absolute atomic E-state index is 0.700. The summed E-state index contributed by atoms with van der Waals surface area (Å²) in [5, 5.41) is 1.61. The molecule has 0 fully saturated rings. The van der Waals surface area contributed by atoms with Crippen molar-refractivity contribution >= 4 is 14.3 Å². The zero-order valence-electron chi connectivity index (χ0n) is 8.69. The van der Waals surface area contributed by atoms with Gasteiger partial charge < -0.3 is 0 Å². The van der Waals surface area contributed by atoms with Crippen LogP contribution in [0.25, 0.3) is 0 Å². The van der Waals surface area contributed by atoms with E-state index < -0.39 is 14.3 Å². The zero-order chi connectivity index (χ0) is 8.69. The summed E-state index contributed by atoms with van der Waals surface area (Å²) < 4.78 is 0. The predicted molar refractivity (Wildman–Crippen MR) is 57.0 cm³/mol. The number of rotatable bonds is 6. The molecule has 0 saturated heterocycles. The molecule has 0 aliphatic carbocycles. The molecule has 0 aromatic carbocycles. The monoisotopic (exact) mass is 218 g/mol. The van der Waals surface area contributed by atoms with E-state index in [2.05, 4.69) is 25.4 Å². The summed E-state index contributed by atoms with van der Waals surface area (Å²) in [5.41, 5.74) is 0. The van der Waals surface area contributed by atoms with Gasteiger partial charge in [-0.25, -0.2) is 0 Å². The molecule has 1 atom stereocenters. The molecule has 0 saturated carbocycles. The fourth-order valence-corrected chi connectivity index (χ4v) is 5.64. The average Bonchev–Trinajstić information content (AvgIpc) is 1.97. The van der Waals surface area contributed by atoms with Gasteiger partial charge >= 0.3 is 76.6 Å². The third kappa shape index (κ3) is 6.92. The van der Waals surface area contributed by atoms with Crippen LogP contribution in [-0.2, 0) is 0 Å². The fraction of sp³-hybridized carbons (Fsp3) is 1.00. The molecule has 0 spiro atoms. The van der Waals surface area contributed by atoms with E-state index in [4.69, 9.17) is 0 Å². The van der Waals surface area contributed by atoms with Crippen LogP contribution in [-0.4, -0.2) is 14.3 Å². The van der Waals surface area contributed by atoms with Gasteiger partial charge in [-0.1, -0.05) is 0 Å². The van der Waals surface area contributed by atoms with Gasteiger partial charge in [-0.3, -0.25) is 0 Å². The summed E-state index contributed by atoms with van der Waals surface area (Å²) in [4.78, 5) is 0. The normalized spacial score (nSPS) is 13.9. The van der Waals surface area contributed by atoms with E-state index in [1.807, 2.05) is 0 Å². The topological polar surface area (TPSA) is 0 Å². The second-order valence-corrected chi connectivity index (χ2v) is 10.9. The summed E-state index contributed by atoms with van der Waals surface area (Å²) in [6, 6.07) is 0. The van der Waals surface area contributed by atoms with Gasteiger partial charge in [-0.15, -0.1) is 0 Å². The Hall–Kier alpha value is 0.543. The van der Waals surface area contributed by atoms with Gasteiger partial charge in [0, 0.05) is 0 Å². The summed E-state index contributed by atoms with van der Waals surface area (Å²) in [6.07, 6.45) is 5.74. The van der Waals surface area contributed by atoms with Crippen LogP contribution in [0.3, 0.4) is 0 Å². The molecule has 0 bridgehead atoms.